The van der Waals surface area contributed by atoms with Crippen LogP contribution in [0.5, 0.6) is 0 Å². The zero-order valence-corrected chi connectivity index (χ0v) is 17.6. The van der Waals surface area contributed by atoms with E-state index in [9.17, 15) is 4.79 Å². The van der Waals surface area contributed by atoms with Gasteiger partial charge in [0.15, 0.2) is 16.9 Å². The second-order valence-corrected chi connectivity index (χ2v) is 7.71. The Morgan fingerprint density at radius 1 is 0.879 bits per heavy atom. The molecular formula is C26H17N5O2. The van der Waals surface area contributed by atoms with E-state index in [1.807, 2.05) is 49.4 Å². The number of nitrogens with one attached hydrogen (secondary N) is 1. The molecule has 0 aliphatic heterocycles. The largest absolute Gasteiger partial charge is 0.460 e. The van der Waals surface area contributed by atoms with Crippen LogP contribution < -0.4 is 5.43 Å². The molecule has 0 atom stereocenters. The lowest BCUT2D eigenvalue weighted by molar-refractivity contribution is 0.546. The van der Waals surface area contributed by atoms with Gasteiger partial charge in [-0.2, -0.15) is 0 Å². The first-order valence-electron chi connectivity index (χ1n) is 10.4. The number of fused-ring (bicyclic) bond motifs is 2. The maximum absolute atomic E-state index is 13.4. The van der Waals surface area contributed by atoms with Crippen molar-refractivity contribution in [1.29, 1.82) is 0 Å². The molecule has 0 saturated carbocycles. The fourth-order valence-corrected chi connectivity index (χ4v) is 3.93. The smallest absolute Gasteiger partial charge is 0.217 e. The minimum atomic E-state index is -0.201. The van der Waals surface area contributed by atoms with Crippen LogP contribution in [-0.2, 0) is 0 Å². The lowest BCUT2D eigenvalue weighted by atomic mass is 10.0. The number of H-pyrrole nitrogens is 1. The molecule has 5 aromatic heterocycles. The molecule has 6 rings (SSSR count). The lowest BCUT2D eigenvalue weighted by Crippen LogP contribution is -2.10. The highest BCUT2D eigenvalue weighted by atomic mass is 16.3. The molecule has 1 aromatic carbocycles. The highest BCUT2D eigenvalue weighted by molar-refractivity contribution is 5.89. The predicted octanol–water partition coefficient (Wildman–Crippen LogP) is 5.16. The molecule has 0 amide bonds. The topological polar surface area (TPSA) is 97.6 Å². The van der Waals surface area contributed by atoms with Gasteiger partial charge in [0.05, 0.1) is 5.52 Å². The molecular weight excluding hydrogens is 414 g/mol. The molecule has 6 aromatic rings. The molecule has 5 heterocycles. The summed E-state index contributed by atoms with van der Waals surface area (Å²) in [6.45, 7) is 1.88. The van der Waals surface area contributed by atoms with Crippen molar-refractivity contribution in [3.05, 3.63) is 95.4 Å². The summed E-state index contributed by atoms with van der Waals surface area (Å²) in [5.41, 5.74) is 4.56. The molecule has 0 unspecified atom stereocenters. The zero-order valence-electron chi connectivity index (χ0n) is 17.6. The van der Waals surface area contributed by atoms with Crippen LogP contribution in [0, 0.1) is 6.92 Å². The van der Waals surface area contributed by atoms with Gasteiger partial charge in [-0.25, -0.2) is 9.97 Å². The van der Waals surface area contributed by atoms with Gasteiger partial charge in [-0.3, -0.25) is 14.8 Å². The van der Waals surface area contributed by atoms with E-state index in [1.165, 1.54) is 0 Å². The maximum atomic E-state index is 13.4. The second-order valence-electron chi connectivity index (χ2n) is 7.71. The SMILES string of the molecule is Cc1ccc(-c2nc3[nH]cc(-c4ccncc4)c(=O)c3nc2-c2ccc3ncccc3c2)o1. The van der Waals surface area contributed by atoms with Crippen molar-refractivity contribution in [3.63, 3.8) is 0 Å². The molecule has 7 nitrogen and oxygen atoms in total. The molecule has 158 valence electrons. The van der Waals surface area contributed by atoms with E-state index in [2.05, 4.69) is 15.0 Å². The van der Waals surface area contributed by atoms with Crippen LogP contribution in [-0.4, -0.2) is 24.9 Å². The Hall–Kier alpha value is -4.65. The highest BCUT2D eigenvalue weighted by Gasteiger charge is 2.19. The van der Waals surface area contributed by atoms with Crippen molar-refractivity contribution in [1.82, 2.24) is 24.9 Å². The van der Waals surface area contributed by atoms with Gasteiger partial charge < -0.3 is 9.40 Å². The van der Waals surface area contributed by atoms with Crippen molar-refractivity contribution >= 4 is 22.1 Å². The molecule has 0 aliphatic rings. The average molecular weight is 431 g/mol. The number of benzene rings is 1. The van der Waals surface area contributed by atoms with E-state index in [1.54, 1.807) is 36.9 Å². The third-order valence-corrected chi connectivity index (χ3v) is 5.55. The molecule has 0 bridgehead atoms. The van der Waals surface area contributed by atoms with Crippen molar-refractivity contribution in [2.45, 2.75) is 6.92 Å². The van der Waals surface area contributed by atoms with Crippen LogP contribution in [0.25, 0.3) is 55.9 Å². The number of hydrogen-bond donors (Lipinski definition) is 1. The monoisotopic (exact) mass is 431 g/mol. The van der Waals surface area contributed by atoms with Crippen molar-refractivity contribution < 1.29 is 4.42 Å². The van der Waals surface area contributed by atoms with Crippen LogP contribution in [0.3, 0.4) is 0 Å². The summed E-state index contributed by atoms with van der Waals surface area (Å²) >= 11 is 0. The minimum Gasteiger partial charge on any atom is -0.460 e. The molecule has 7 heteroatoms. The molecule has 0 fully saturated rings. The van der Waals surface area contributed by atoms with Gasteiger partial charge in [-0.1, -0.05) is 12.1 Å². The third-order valence-electron chi connectivity index (χ3n) is 5.55. The van der Waals surface area contributed by atoms with Crippen LogP contribution in [0.1, 0.15) is 5.76 Å². The Labute approximate surface area is 187 Å². The molecule has 0 aliphatic carbocycles. The number of furan rings is 1. The number of pyridine rings is 3. The number of nitrogens with zero attached hydrogens (tertiary/aromatic N) is 4. The number of aromatic nitrogens is 5. The van der Waals surface area contributed by atoms with Crippen LogP contribution in [0.2, 0.25) is 0 Å². The number of aryl methyl sites for hydroxylation is 1. The number of aromatic amines is 1. The van der Waals surface area contributed by atoms with Gasteiger partial charge >= 0.3 is 0 Å². The number of rotatable bonds is 3. The lowest BCUT2D eigenvalue weighted by Gasteiger charge is -2.10. The van der Waals surface area contributed by atoms with E-state index in [-0.39, 0.29) is 10.9 Å². The number of hydrogen-bond acceptors (Lipinski definition) is 6. The summed E-state index contributed by atoms with van der Waals surface area (Å²) < 4.78 is 5.88. The molecule has 33 heavy (non-hydrogen) atoms. The van der Waals surface area contributed by atoms with Gasteiger partial charge in [-0.15, -0.1) is 0 Å². The van der Waals surface area contributed by atoms with E-state index < -0.39 is 0 Å². The van der Waals surface area contributed by atoms with Crippen molar-refractivity contribution in [2.75, 3.05) is 0 Å². The third kappa shape index (κ3) is 3.27. The van der Waals surface area contributed by atoms with E-state index in [0.29, 0.717) is 28.4 Å². The summed E-state index contributed by atoms with van der Waals surface area (Å²) in [4.78, 5) is 34.6. The summed E-state index contributed by atoms with van der Waals surface area (Å²) in [6.07, 6.45) is 6.73. The normalized spacial score (nSPS) is 11.3. The van der Waals surface area contributed by atoms with Gasteiger partial charge in [0.25, 0.3) is 0 Å². The first-order valence-corrected chi connectivity index (χ1v) is 10.4. The minimum absolute atomic E-state index is 0.201. The predicted molar refractivity (Wildman–Crippen MR) is 127 cm³/mol. The van der Waals surface area contributed by atoms with E-state index in [0.717, 1.165) is 27.8 Å². The van der Waals surface area contributed by atoms with E-state index >= 15 is 0 Å². The van der Waals surface area contributed by atoms with Gasteiger partial charge in [0.1, 0.15) is 17.1 Å². The average Bonchev–Trinajstić information content (AvgIpc) is 3.30. The Morgan fingerprint density at radius 3 is 2.58 bits per heavy atom. The quantitative estimate of drug-likeness (QED) is 0.415. The van der Waals surface area contributed by atoms with Crippen LogP contribution >= 0.6 is 0 Å². The Kier molecular flexibility index (Phi) is 4.33. The maximum Gasteiger partial charge on any atom is 0.217 e. The summed E-state index contributed by atoms with van der Waals surface area (Å²) in [6, 6.07) is 17.1. The highest BCUT2D eigenvalue weighted by Crippen LogP contribution is 2.32. The standard InChI is InChI=1S/C26H17N5O2/c1-15-4-7-21(33-15)23-22(18-5-6-20-17(13-18)3-2-10-28-20)30-24-25(32)19(14-29-26(24)31-23)16-8-11-27-12-9-16/h2-14H,1H3,(H,29,31,32). The van der Waals surface area contributed by atoms with Gasteiger partial charge in [-0.05, 0) is 55.0 Å². The Morgan fingerprint density at radius 2 is 1.76 bits per heavy atom. The van der Waals surface area contributed by atoms with Crippen molar-refractivity contribution in [2.24, 2.45) is 0 Å². The molecule has 0 saturated heterocycles. The second kappa shape index (κ2) is 7.49. The first kappa shape index (κ1) is 19.1. The molecule has 0 radical (unpaired) electrons. The Bertz CT molecular complexity index is 1700. The summed E-state index contributed by atoms with van der Waals surface area (Å²) in [5, 5.41) is 0.970. The van der Waals surface area contributed by atoms with Crippen molar-refractivity contribution in [3.8, 4) is 33.8 Å². The Balaban J connectivity index is 1.65. The molecule has 1 N–H and O–H groups in total. The molecule has 0 spiro atoms. The van der Waals surface area contributed by atoms with Crippen LogP contribution in [0.4, 0.5) is 0 Å². The zero-order chi connectivity index (χ0) is 22.4. The fraction of sp³-hybridized carbons (Fsp3) is 0.0385. The summed E-state index contributed by atoms with van der Waals surface area (Å²) in [5.74, 6) is 1.35. The first-order chi connectivity index (χ1) is 16.2. The van der Waals surface area contributed by atoms with Gasteiger partial charge in [0.2, 0.25) is 5.43 Å². The fourth-order valence-electron chi connectivity index (χ4n) is 3.93. The summed E-state index contributed by atoms with van der Waals surface area (Å²) in [7, 11) is 0. The van der Waals surface area contributed by atoms with E-state index in [4.69, 9.17) is 14.4 Å². The van der Waals surface area contributed by atoms with Crippen LogP contribution in [0.15, 0.2) is 88.6 Å². The van der Waals surface area contributed by atoms with Gasteiger partial charge in [0, 0.05) is 41.3 Å².